The first kappa shape index (κ1) is 31.9. The molecule has 0 heterocycles. The average Bonchev–Trinajstić information content (AvgIpc) is 3.19. The highest BCUT2D eigenvalue weighted by Crippen LogP contribution is 2.68. The molecule has 4 aliphatic carbocycles. The van der Waals surface area contributed by atoms with E-state index in [1.165, 1.54) is 39.2 Å². The molecule has 4 aliphatic rings. The molecule has 0 aromatic carbocycles. The van der Waals surface area contributed by atoms with Gasteiger partial charge in [0.2, 0.25) is 0 Å². The van der Waals surface area contributed by atoms with Crippen LogP contribution >= 0.6 is 0 Å². The Balaban J connectivity index is 0.000000750. The van der Waals surface area contributed by atoms with Crippen LogP contribution in [0.5, 0.6) is 0 Å². The second kappa shape index (κ2) is 15.2. The fraction of sp³-hybridized carbons (Fsp3) is 1.00. The van der Waals surface area contributed by atoms with E-state index in [2.05, 4.69) is 45.1 Å². The molecule has 2 heteroatoms. The first-order valence-corrected chi connectivity index (χ1v) is 15.3. The standard InChI is InChI=1S/C27H48.C2H6O.C2H6.CH5N/c1-19(2)9-8-10-20(3)23-14-15-24-22-13-12-21-11-6-7-17-26(21,4)25(22)16-18-27(23,24)5;1-3-2;2*1-2/h19-25H,6-18H2,1-5H3;1-2H3;1-2H3;2H2,1H3/t20-,21?,22?,23?,24?,25?,26?,27?;;;/m1.../s1. The van der Waals surface area contributed by atoms with E-state index in [1.807, 2.05) is 13.8 Å². The van der Waals surface area contributed by atoms with Crippen molar-refractivity contribution in [3.05, 3.63) is 0 Å². The molecule has 0 saturated heterocycles. The van der Waals surface area contributed by atoms with Gasteiger partial charge in [0.1, 0.15) is 0 Å². The van der Waals surface area contributed by atoms with E-state index < -0.39 is 0 Å². The molecule has 204 valence electrons. The third-order valence-corrected chi connectivity index (χ3v) is 10.8. The number of nitrogens with two attached hydrogens (primary N) is 1. The van der Waals surface area contributed by atoms with Crippen molar-refractivity contribution in [1.82, 2.24) is 0 Å². The van der Waals surface area contributed by atoms with Crippen molar-refractivity contribution in [3.8, 4) is 0 Å². The third kappa shape index (κ3) is 7.02. The van der Waals surface area contributed by atoms with E-state index in [0.29, 0.717) is 10.8 Å². The van der Waals surface area contributed by atoms with E-state index in [0.717, 1.165) is 41.4 Å². The number of fused-ring (bicyclic) bond motifs is 5. The van der Waals surface area contributed by atoms with Gasteiger partial charge in [-0.25, -0.2) is 0 Å². The molecule has 2 nitrogen and oxygen atoms in total. The number of ether oxygens (including phenoxy) is 1. The molecule has 0 aromatic rings. The van der Waals surface area contributed by atoms with Crippen LogP contribution in [-0.4, -0.2) is 21.3 Å². The van der Waals surface area contributed by atoms with Gasteiger partial charge in [-0.3, -0.25) is 0 Å². The smallest absolute Gasteiger partial charge is 0.0351 e. The van der Waals surface area contributed by atoms with Crippen LogP contribution in [0.25, 0.3) is 0 Å². The van der Waals surface area contributed by atoms with Crippen LogP contribution in [0.2, 0.25) is 0 Å². The third-order valence-electron chi connectivity index (χ3n) is 10.8. The molecule has 34 heavy (non-hydrogen) atoms. The maximum Gasteiger partial charge on any atom is 0.0351 e. The minimum Gasteiger partial charge on any atom is -0.388 e. The van der Waals surface area contributed by atoms with Gasteiger partial charge >= 0.3 is 0 Å². The first-order chi connectivity index (χ1) is 16.3. The molecule has 7 unspecified atom stereocenters. The van der Waals surface area contributed by atoms with Crippen molar-refractivity contribution >= 4 is 0 Å². The van der Waals surface area contributed by atoms with E-state index >= 15 is 0 Å². The maximum atomic E-state index is 4.50. The van der Waals surface area contributed by atoms with Gasteiger partial charge in [-0.2, -0.15) is 0 Å². The summed E-state index contributed by atoms with van der Waals surface area (Å²) < 4.78 is 4.25. The summed E-state index contributed by atoms with van der Waals surface area (Å²) >= 11 is 0. The maximum absolute atomic E-state index is 4.50. The van der Waals surface area contributed by atoms with Crippen LogP contribution in [0, 0.1) is 52.3 Å². The molecular weight excluding hydrogens is 414 g/mol. The second-order valence-corrected chi connectivity index (χ2v) is 12.8. The summed E-state index contributed by atoms with van der Waals surface area (Å²) in [6.45, 7) is 16.9. The Labute approximate surface area is 216 Å². The van der Waals surface area contributed by atoms with E-state index in [4.69, 9.17) is 0 Å². The van der Waals surface area contributed by atoms with Gasteiger partial charge in [0.25, 0.3) is 0 Å². The lowest BCUT2D eigenvalue weighted by Gasteiger charge is -2.61. The summed E-state index contributed by atoms with van der Waals surface area (Å²) in [6, 6.07) is 0. The van der Waals surface area contributed by atoms with Gasteiger partial charge in [-0.15, -0.1) is 0 Å². The highest BCUT2D eigenvalue weighted by atomic mass is 16.4. The molecule has 0 bridgehead atoms. The minimum absolute atomic E-state index is 0.677. The molecular formula is C32H65NO. The van der Waals surface area contributed by atoms with Crippen molar-refractivity contribution in [3.63, 3.8) is 0 Å². The Bertz CT molecular complexity index is 533. The zero-order chi connectivity index (χ0) is 25.9. The summed E-state index contributed by atoms with van der Waals surface area (Å²) in [6.07, 6.45) is 19.9. The van der Waals surface area contributed by atoms with Crippen LogP contribution < -0.4 is 5.73 Å². The summed E-state index contributed by atoms with van der Waals surface area (Å²) in [5.41, 5.74) is 5.89. The quantitative estimate of drug-likeness (QED) is 0.426. The van der Waals surface area contributed by atoms with E-state index in [1.54, 1.807) is 65.6 Å². The molecule has 4 saturated carbocycles. The first-order valence-electron chi connectivity index (χ1n) is 15.3. The zero-order valence-corrected chi connectivity index (χ0v) is 25.2. The predicted octanol–water partition coefficient (Wildman–Crippen LogP) is 9.36. The fourth-order valence-corrected chi connectivity index (χ4v) is 9.32. The molecule has 0 amide bonds. The Kier molecular flexibility index (Phi) is 14.3. The SMILES string of the molecule is CC.CC(C)CCC[C@@H](C)C1CCC2C3CCC4CCCCC4(C)C3CCC21C.CN.COC. The Hall–Kier alpha value is -0.0800. The lowest BCUT2D eigenvalue weighted by Crippen LogP contribution is -2.53. The van der Waals surface area contributed by atoms with Gasteiger partial charge < -0.3 is 10.5 Å². The lowest BCUT2D eigenvalue weighted by atomic mass is 9.44. The van der Waals surface area contributed by atoms with Crippen LogP contribution in [0.1, 0.15) is 132 Å². The molecule has 4 fully saturated rings. The second-order valence-electron chi connectivity index (χ2n) is 12.8. The van der Waals surface area contributed by atoms with Gasteiger partial charge in [-0.05, 0) is 111 Å². The van der Waals surface area contributed by atoms with Gasteiger partial charge in [0.05, 0.1) is 0 Å². The fourth-order valence-electron chi connectivity index (χ4n) is 9.32. The monoisotopic (exact) mass is 480 g/mol. The van der Waals surface area contributed by atoms with E-state index in [-0.39, 0.29) is 0 Å². The number of hydrogen-bond donors (Lipinski definition) is 1. The molecule has 0 radical (unpaired) electrons. The summed E-state index contributed by atoms with van der Waals surface area (Å²) in [5.74, 6) is 7.15. The molecule has 0 aliphatic heterocycles. The number of methoxy groups -OCH3 is 1. The molecule has 0 spiro atoms. The summed E-state index contributed by atoms with van der Waals surface area (Å²) in [5, 5.41) is 0. The van der Waals surface area contributed by atoms with Crippen molar-refractivity contribution < 1.29 is 4.74 Å². The number of hydrogen-bond acceptors (Lipinski definition) is 2. The summed E-state index contributed by atoms with van der Waals surface area (Å²) in [4.78, 5) is 0. The normalized spacial score (nSPS) is 39.0. The minimum atomic E-state index is 0.677. The van der Waals surface area contributed by atoms with Crippen molar-refractivity contribution in [2.24, 2.45) is 58.0 Å². The Morgan fingerprint density at radius 2 is 1.38 bits per heavy atom. The van der Waals surface area contributed by atoms with Gasteiger partial charge in [0.15, 0.2) is 0 Å². The van der Waals surface area contributed by atoms with Crippen LogP contribution in [0.3, 0.4) is 0 Å². The largest absolute Gasteiger partial charge is 0.388 e. The number of rotatable bonds is 5. The van der Waals surface area contributed by atoms with Crippen LogP contribution in [0.4, 0.5) is 0 Å². The molecule has 0 aromatic heterocycles. The topological polar surface area (TPSA) is 35.2 Å². The van der Waals surface area contributed by atoms with Crippen LogP contribution in [-0.2, 0) is 4.74 Å². The highest BCUT2D eigenvalue weighted by Gasteiger charge is 2.59. The van der Waals surface area contributed by atoms with Crippen molar-refractivity contribution in [1.29, 1.82) is 0 Å². The zero-order valence-electron chi connectivity index (χ0n) is 25.2. The van der Waals surface area contributed by atoms with Crippen molar-refractivity contribution in [2.45, 2.75) is 132 Å². The van der Waals surface area contributed by atoms with Crippen LogP contribution in [0.15, 0.2) is 0 Å². The molecule has 2 N–H and O–H groups in total. The lowest BCUT2D eigenvalue weighted by molar-refractivity contribution is -0.114. The van der Waals surface area contributed by atoms with Gasteiger partial charge in [0, 0.05) is 14.2 Å². The highest BCUT2D eigenvalue weighted by molar-refractivity contribution is 5.09. The average molecular weight is 480 g/mol. The molecule has 8 atom stereocenters. The predicted molar refractivity (Wildman–Crippen MR) is 152 cm³/mol. The Morgan fingerprint density at radius 1 is 0.765 bits per heavy atom. The molecule has 4 rings (SSSR count). The van der Waals surface area contributed by atoms with Crippen molar-refractivity contribution in [2.75, 3.05) is 21.3 Å². The van der Waals surface area contributed by atoms with Gasteiger partial charge in [-0.1, -0.05) is 80.6 Å². The van der Waals surface area contributed by atoms with E-state index in [9.17, 15) is 0 Å². The Morgan fingerprint density at radius 3 is 2.00 bits per heavy atom. The summed E-state index contributed by atoms with van der Waals surface area (Å²) in [7, 11) is 4.75.